The summed E-state index contributed by atoms with van der Waals surface area (Å²) in [5.41, 5.74) is 1.23. The summed E-state index contributed by atoms with van der Waals surface area (Å²) in [6.07, 6.45) is 2.01. The average Bonchev–Trinajstić information content (AvgIpc) is 2.28. The van der Waals surface area contributed by atoms with E-state index in [1.807, 2.05) is 13.1 Å². The van der Waals surface area contributed by atoms with Crippen LogP contribution in [-0.4, -0.2) is 13.7 Å². The third-order valence-electron chi connectivity index (χ3n) is 3.02. The van der Waals surface area contributed by atoms with Gasteiger partial charge in [0.25, 0.3) is 0 Å². The highest BCUT2D eigenvalue weighted by atomic mass is 19.3. The second kappa shape index (κ2) is 6.85. The van der Waals surface area contributed by atoms with Crippen LogP contribution in [0.5, 0.6) is 5.75 Å². The molecule has 0 radical (unpaired) electrons. The van der Waals surface area contributed by atoms with Crippen molar-refractivity contribution >= 4 is 0 Å². The van der Waals surface area contributed by atoms with E-state index >= 15 is 0 Å². The minimum absolute atomic E-state index is 0.153. The van der Waals surface area contributed by atoms with Crippen molar-refractivity contribution in [1.82, 2.24) is 5.32 Å². The fraction of sp³-hybridized carbons (Fsp3) is 0.600. The largest absolute Gasteiger partial charge is 0.435 e. The lowest BCUT2D eigenvalue weighted by molar-refractivity contribution is -0.0499. The van der Waals surface area contributed by atoms with E-state index in [-0.39, 0.29) is 17.2 Å². The molecule has 0 spiro atoms. The van der Waals surface area contributed by atoms with Crippen LogP contribution < -0.4 is 10.1 Å². The highest BCUT2D eigenvalue weighted by molar-refractivity contribution is 5.30. The molecule has 1 unspecified atom stereocenters. The number of ether oxygens (including phenoxy) is 1. The Hall–Kier alpha value is -1.16. The lowest BCUT2D eigenvalue weighted by Crippen LogP contribution is -2.19. The zero-order valence-corrected chi connectivity index (χ0v) is 12.0. The highest BCUT2D eigenvalue weighted by Crippen LogP contribution is 2.28. The van der Waals surface area contributed by atoms with E-state index in [4.69, 9.17) is 0 Å². The molecular weight excluding hydrogens is 248 g/mol. The first-order valence-electron chi connectivity index (χ1n) is 6.54. The van der Waals surface area contributed by atoms with Crippen molar-refractivity contribution in [3.8, 4) is 5.75 Å². The molecule has 0 fully saturated rings. The SMILES string of the molecule is CNC(CCC(C)(C)C)c1cccc(OC(F)F)c1. The fourth-order valence-corrected chi connectivity index (χ4v) is 1.96. The number of alkyl halides is 2. The Morgan fingerprint density at radius 3 is 2.47 bits per heavy atom. The molecule has 19 heavy (non-hydrogen) atoms. The van der Waals surface area contributed by atoms with Gasteiger partial charge in [-0.05, 0) is 43.0 Å². The van der Waals surface area contributed by atoms with E-state index in [2.05, 4.69) is 30.8 Å². The molecule has 0 aliphatic carbocycles. The van der Waals surface area contributed by atoms with Crippen LogP contribution in [0.3, 0.4) is 0 Å². The summed E-state index contributed by atoms with van der Waals surface area (Å²) in [5.74, 6) is 0.212. The van der Waals surface area contributed by atoms with Gasteiger partial charge in [-0.15, -0.1) is 0 Å². The fourth-order valence-electron chi connectivity index (χ4n) is 1.96. The molecule has 1 atom stereocenters. The summed E-state index contributed by atoms with van der Waals surface area (Å²) < 4.78 is 28.8. The van der Waals surface area contributed by atoms with Crippen molar-refractivity contribution in [3.63, 3.8) is 0 Å². The average molecular weight is 271 g/mol. The summed E-state index contributed by atoms with van der Waals surface area (Å²) >= 11 is 0. The first kappa shape index (κ1) is 15.9. The van der Waals surface area contributed by atoms with Crippen LogP contribution >= 0.6 is 0 Å². The third kappa shape index (κ3) is 6.01. The van der Waals surface area contributed by atoms with Gasteiger partial charge in [0.1, 0.15) is 5.75 Å². The highest BCUT2D eigenvalue weighted by Gasteiger charge is 2.16. The van der Waals surface area contributed by atoms with Gasteiger partial charge in [-0.1, -0.05) is 32.9 Å². The maximum Gasteiger partial charge on any atom is 0.387 e. The molecule has 0 heterocycles. The summed E-state index contributed by atoms with van der Waals surface area (Å²) in [5, 5.41) is 3.23. The van der Waals surface area contributed by atoms with Crippen LogP contribution in [-0.2, 0) is 0 Å². The molecule has 108 valence electrons. The molecule has 0 aromatic heterocycles. The van der Waals surface area contributed by atoms with Gasteiger partial charge in [-0.25, -0.2) is 0 Å². The lowest BCUT2D eigenvalue weighted by atomic mass is 9.87. The molecule has 1 aromatic rings. The van der Waals surface area contributed by atoms with Crippen LogP contribution in [0.15, 0.2) is 24.3 Å². The van der Waals surface area contributed by atoms with Crippen molar-refractivity contribution in [1.29, 1.82) is 0 Å². The Labute approximate surface area is 114 Å². The van der Waals surface area contributed by atoms with E-state index in [9.17, 15) is 8.78 Å². The Bertz CT molecular complexity index is 388. The van der Waals surface area contributed by atoms with Crippen molar-refractivity contribution in [3.05, 3.63) is 29.8 Å². The minimum Gasteiger partial charge on any atom is -0.435 e. The molecule has 0 saturated heterocycles. The Morgan fingerprint density at radius 2 is 1.95 bits per heavy atom. The normalized spacial score (nSPS) is 13.6. The van der Waals surface area contributed by atoms with Crippen molar-refractivity contribution in [2.24, 2.45) is 5.41 Å². The number of nitrogens with one attached hydrogen (secondary N) is 1. The lowest BCUT2D eigenvalue weighted by Gasteiger charge is -2.23. The smallest absolute Gasteiger partial charge is 0.387 e. The predicted molar refractivity (Wildman–Crippen MR) is 73.6 cm³/mol. The first-order valence-corrected chi connectivity index (χ1v) is 6.54. The zero-order valence-electron chi connectivity index (χ0n) is 12.0. The summed E-state index contributed by atoms with van der Waals surface area (Å²) in [6.45, 7) is 3.79. The molecule has 2 nitrogen and oxygen atoms in total. The quantitative estimate of drug-likeness (QED) is 0.829. The van der Waals surface area contributed by atoms with Gasteiger partial charge in [0, 0.05) is 6.04 Å². The molecule has 0 amide bonds. The molecule has 0 aliphatic heterocycles. The molecule has 1 N–H and O–H groups in total. The minimum atomic E-state index is -2.78. The van der Waals surface area contributed by atoms with Crippen molar-refractivity contribution < 1.29 is 13.5 Å². The van der Waals surface area contributed by atoms with Crippen LogP contribution in [0.1, 0.15) is 45.2 Å². The number of hydrogen-bond donors (Lipinski definition) is 1. The van der Waals surface area contributed by atoms with Gasteiger partial charge < -0.3 is 10.1 Å². The van der Waals surface area contributed by atoms with Gasteiger partial charge in [0.05, 0.1) is 0 Å². The second-order valence-electron chi connectivity index (χ2n) is 5.89. The van der Waals surface area contributed by atoms with Crippen LogP contribution in [0.2, 0.25) is 0 Å². The van der Waals surface area contributed by atoms with Crippen LogP contribution in [0.25, 0.3) is 0 Å². The molecule has 4 heteroatoms. The van der Waals surface area contributed by atoms with Gasteiger partial charge in [-0.3, -0.25) is 0 Å². The molecule has 0 bridgehead atoms. The zero-order chi connectivity index (χ0) is 14.5. The summed E-state index contributed by atoms with van der Waals surface area (Å²) in [6, 6.07) is 7.05. The molecular formula is C15H23F2NO. The molecule has 0 saturated carbocycles. The number of benzene rings is 1. The third-order valence-corrected chi connectivity index (χ3v) is 3.02. The van der Waals surface area contributed by atoms with E-state index in [1.165, 1.54) is 0 Å². The number of hydrogen-bond acceptors (Lipinski definition) is 2. The molecule has 1 rings (SSSR count). The number of halogens is 2. The second-order valence-corrected chi connectivity index (χ2v) is 5.89. The molecule has 1 aromatic carbocycles. The van der Waals surface area contributed by atoms with E-state index in [0.717, 1.165) is 18.4 Å². The van der Waals surface area contributed by atoms with Gasteiger partial charge >= 0.3 is 6.61 Å². The predicted octanol–water partition coefficient (Wildman–Crippen LogP) is 4.37. The van der Waals surface area contributed by atoms with Crippen molar-refractivity contribution in [2.45, 2.75) is 46.3 Å². The number of rotatable bonds is 6. The van der Waals surface area contributed by atoms with Crippen molar-refractivity contribution in [2.75, 3.05) is 7.05 Å². The Morgan fingerprint density at radius 1 is 1.26 bits per heavy atom. The first-order chi connectivity index (χ1) is 8.81. The molecule has 0 aliphatic rings. The standard InChI is InChI=1S/C15H23F2NO/c1-15(2,3)9-8-13(18-4)11-6-5-7-12(10-11)19-14(16)17/h5-7,10,13-14,18H,8-9H2,1-4H3. The van der Waals surface area contributed by atoms with E-state index in [1.54, 1.807) is 18.2 Å². The Balaban J connectivity index is 2.75. The summed E-state index contributed by atoms with van der Waals surface area (Å²) in [7, 11) is 1.88. The van der Waals surface area contributed by atoms with Gasteiger partial charge in [0.2, 0.25) is 0 Å². The topological polar surface area (TPSA) is 21.3 Å². The van der Waals surface area contributed by atoms with Gasteiger partial charge in [-0.2, -0.15) is 8.78 Å². The maximum atomic E-state index is 12.2. The van der Waals surface area contributed by atoms with Gasteiger partial charge in [0.15, 0.2) is 0 Å². The monoisotopic (exact) mass is 271 g/mol. The Kier molecular flexibility index (Phi) is 5.73. The van der Waals surface area contributed by atoms with E-state index in [0.29, 0.717) is 0 Å². The van der Waals surface area contributed by atoms with E-state index < -0.39 is 6.61 Å². The summed E-state index contributed by atoms with van der Waals surface area (Å²) in [4.78, 5) is 0. The van der Waals surface area contributed by atoms with Crippen LogP contribution in [0, 0.1) is 5.41 Å². The maximum absolute atomic E-state index is 12.2. The van der Waals surface area contributed by atoms with Crippen LogP contribution in [0.4, 0.5) is 8.78 Å².